The Morgan fingerprint density at radius 3 is 2.88 bits per heavy atom. The van der Waals surface area contributed by atoms with E-state index in [2.05, 4.69) is 0 Å². The number of ketones is 1. The van der Waals surface area contributed by atoms with E-state index in [1.54, 1.807) is 18.2 Å². The number of hydrogen-bond acceptors (Lipinski definition) is 3. The molecular weight excluding hydrogens is 226 g/mol. The van der Waals surface area contributed by atoms with Gasteiger partial charge in [-0.1, -0.05) is 11.6 Å². The van der Waals surface area contributed by atoms with Crippen LogP contribution in [0.5, 0.6) is 5.75 Å². The van der Waals surface area contributed by atoms with E-state index in [0.29, 0.717) is 35.8 Å². The monoisotopic (exact) mass is 237 g/mol. The van der Waals surface area contributed by atoms with Crippen molar-refractivity contribution in [2.45, 2.75) is 19.8 Å². The summed E-state index contributed by atoms with van der Waals surface area (Å²) < 4.78 is 5.38. The summed E-state index contributed by atoms with van der Waals surface area (Å²) in [6.07, 6.45) is 1.13. The molecule has 0 unspecified atom stereocenters. The lowest BCUT2D eigenvalue weighted by Gasteiger charge is -2.07. The molecule has 0 atom stereocenters. The molecule has 16 heavy (non-hydrogen) atoms. The van der Waals surface area contributed by atoms with Crippen LogP contribution < -0.4 is 4.74 Å². The van der Waals surface area contributed by atoms with Crippen LogP contribution in [0.3, 0.4) is 0 Å². The lowest BCUT2D eigenvalue weighted by molar-refractivity contribution is 0.101. The Bertz CT molecular complexity index is 424. The van der Waals surface area contributed by atoms with Crippen molar-refractivity contribution in [3.63, 3.8) is 0 Å². The summed E-state index contributed by atoms with van der Waals surface area (Å²) >= 11 is 5.94. The quantitative estimate of drug-likeness (QED) is 0.584. The molecule has 0 aliphatic rings. The van der Waals surface area contributed by atoms with E-state index < -0.39 is 0 Å². The summed E-state index contributed by atoms with van der Waals surface area (Å²) in [5, 5.41) is 8.77. The van der Waals surface area contributed by atoms with Crippen LogP contribution in [-0.2, 0) is 0 Å². The molecule has 1 aromatic rings. The second-order valence-electron chi connectivity index (χ2n) is 3.31. The molecule has 0 saturated carbocycles. The molecule has 0 spiro atoms. The number of carbonyl (C=O) groups excluding carboxylic acids is 1. The number of rotatable bonds is 5. The van der Waals surface area contributed by atoms with Crippen LogP contribution in [0.15, 0.2) is 18.2 Å². The van der Waals surface area contributed by atoms with Crippen molar-refractivity contribution in [3.8, 4) is 11.8 Å². The number of nitrogens with zero attached hydrogens (tertiary/aromatic N) is 1. The van der Waals surface area contributed by atoms with Crippen molar-refractivity contribution in [1.82, 2.24) is 0 Å². The van der Waals surface area contributed by atoms with Gasteiger partial charge in [0.25, 0.3) is 0 Å². The first kappa shape index (κ1) is 12.5. The van der Waals surface area contributed by atoms with Gasteiger partial charge in [0.05, 0.1) is 17.7 Å². The van der Waals surface area contributed by atoms with Gasteiger partial charge in [-0.3, -0.25) is 4.79 Å². The molecular formula is C12H12ClNO2. The highest BCUT2D eigenvalue weighted by atomic mass is 35.5. The fraction of sp³-hybridized carbons (Fsp3) is 0.333. The fourth-order valence-electron chi connectivity index (χ4n) is 1.17. The maximum Gasteiger partial charge on any atom is 0.159 e. The number of carbonyl (C=O) groups is 1. The van der Waals surface area contributed by atoms with Crippen molar-refractivity contribution in [1.29, 1.82) is 5.26 Å². The second kappa shape index (κ2) is 6.14. The molecule has 0 N–H and O–H groups in total. The second-order valence-corrected chi connectivity index (χ2v) is 3.72. The maximum atomic E-state index is 11.1. The molecule has 3 nitrogen and oxygen atoms in total. The van der Waals surface area contributed by atoms with Gasteiger partial charge in [-0.2, -0.15) is 5.26 Å². The Morgan fingerprint density at radius 2 is 2.31 bits per heavy atom. The zero-order valence-electron chi connectivity index (χ0n) is 9.00. The number of nitriles is 1. The Morgan fingerprint density at radius 1 is 1.56 bits per heavy atom. The highest BCUT2D eigenvalue weighted by Crippen LogP contribution is 2.25. The van der Waals surface area contributed by atoms with Gasteiger partial charge in [0, 0.05) is 12.0 Å². The largest absolute Gasteiger partial charge is 0.492 e. The molecule has 0 amide bonds. The highest BCUT2D eigenvalue weighted by molar-refractivity contribution is 6.32. The first-order valence-electron chi connectivity index (χ1n) is 4.95. The van der Waals surface area contributed by atoms with Crippen LogP contribution in [0.25, 0.3) is 0 Å². The highest BCUT2D eigenvalue weighted by Gasteiger charge is 2.05. The summed E-state index contributed by atoms with van der Waals surface area (Å²) in [4.78, 5) is 11.1. The Hall–Kier alpha value is -1.53. The molecule has 1 aromatic carbocycles. The standard InChI is InChI=1S/C12H12ClNO2/c1-9(15)10-4-5-12(11(13)8-10)16-7-3-2-6-14/h4-5,8H,2-3,7H2,1H3. The lowest BCUT2D eigenvalue weighted by atomic mass is 10.1. The van der Waals surface area contributed by atoms with Gasteiger partial charge in [-0.15, -0.1) is 0 Å². The minimum Gasteiger partial charge on any atom is -0.492 e. The third-order valence-electron chi connectivity index (χ3n) is 2.03. The number of halogens is 1. The molecule has 0 aliphatic carbocycles. The van der Waals surface area contributed by atoms with Gasteiger partial charge in [0.1, 0.15) is 5.75 Å². The van der Waals surface area contributed by atoms with E-state index in [9.17, 15) is 4.79 Å². The Labute approximate surface area is 99.6 Å². The normalized spacial score (nSPS) is 9.56. The predicted octanol–water partition coefficient (Wildman–Crippen LogP) is 3.23. The summed E-state index contributed by atoms with van der Waals surface area (Å²) in [7, 11) is 0. The van der Waals surface area contributed by atoms with Gasteiger partial charge < -0.3 is 4.74 Å². The Balaban J connectivity index is 2.62. The van der Waals surface area contributed by atoms with Gasteiger partial charge in [-0.25, -0.2) is 0 Å². The van der Waals surface area contributed by atoms with E-state index in [1.807, 2.05) is 6.07 Å². The molecule has 0 aromatic heterocycles. The smallest absolute Gasteiger partial charge is 0.159 e. The molecule has 0 bridgehead atoms. The van der Waals surface area contributed by atoms with E-state index >= 15 is 0 Å². The number of hydrogen-bond donors (Lipinski definition) is 0. The van der Waals surface area contributed by atoms with Crippen molar-refractivity contribution < 1.29 is 9.53 Å². The summed E-state index contributed by atoms with van der Waals surface area (Å²) in [5.41, 5.74) is 0.564. The molecule has 0 radical (unpaired) electrons. The van der Waals surface area contributed by atoms with Crippen molar-refractivity contribution >= 4 is 17.4 Å². The van der Waals surface area contributed by atoms with Gasteiger partial charge in [0.15, 0.2) is 5.78 Å². The molecule has 0 fully saturated rings. The number of benzene rings is 1. The average molecular weight is 238 g/mol. The van der Waals surface area contributed by atoms with E-state index in [4.69, 9.17) is 21.6 Å². The van der Waals surface area contributed by atoms with Crippen LogP contribution in [-0.4, -0.2) is 12.4 Å². The average Bonchev–Trinajstić information content (AvgIpc) is 2.26. The zero-order valence-corrected chi connectivity index (χ0v) is 9.75. The van der Waals surface area contributed by atoms with E-state index in [1.165, 1.54) is 6.92 Å². The Kier molecular flexibility index (Phi) is 4.81. The minimum absolute atomic E-state index is 0.0297. The van der Waals surface area contributed by atoms with Crippen molar-refractivity contribution in [2.75, 3.05) is 6.61 Å². The lowest BCUT2D eigenvalue weighted by Crippen LogP contribution is -1.98. The van der Waals surface area contributed by atoms with Crippen molar-refractivity contribution in [2.24, 2.45) is 0 Å². The third-order valence-corrected chi connectivity index (χ3v) is 2.32. The van der Waals surface area contributed by atoms with Crippen LogP contribution in [0, 0.1) is 11.3 Å². The zero-order chi connectivity index (χ0) is 12.0. The molecule has 0 saturated heterocycles. The summed E-state index contributed by atoms with van der Waals surface area (Å²) in [6.45, 7) is 1.94. The number of ether oxygens (including phenoxy) is 1. The third kappa shape index (κ3) is 3.56. The molecule has 4 heteroatoms. The van der Waals surface area contributed by atoms with Crippen LogP contribution in [0.2, 0.25) is 5.02 Å². The van der Waals surface area contributed by atoms with Gasteiger partial charge in [-0.05, 0) is 31.5 Å². The van der Waals surface area contributed by atoms with Crippen LogP contribution in [0.1, 0.15) is 30.1 Å². The molecule has 1 rings (SSSR count). The SMILES string of the molecule is CC(=O)c1ccc(OCCCC#N)c(Cl)c1. The van der Waals surface area contributed by atoms with Gasteiger partial charge in [0.2, 0.25) is 0 Å². The number of unbranched alkanes of at least 4 members (excludes halogenated alkanes) is 1. The van der Waals surface area contributed by atoms with Crippen molar-refractivity contribution in [3.05, 3.63) is 28.8 Å². The van der Waals surface area contributed by atoms with E-state index in [-0.39, 0.29) is 5.78 Å². The van der Waals surface area contributed by atoms with Crippen LogP contribution >= 0.6 is 11.6 Å². The summed E-state index contributed by atoms with van der Waals surface area (Å²) in [5.74, 6) is 0.516. The van der Waals surface area contributed by atoms with Gasteiger partial charge >= 0.3 is 0 Å². The first-order chi connectivity index (χ1) is 7.65. The van der Waals surface area contributed by atoms with Crippen LogP contribution in [0.4, 0.5) is 0 Å². The number of Topliss-reactive ketones (excluding diaryl/α,β-unsaturated/α-hetero) is 1. The molecule has 0 aliphatic heterocycles. The predicted molar refractivity (Wildman–Crippen MR) is 61.8 cm³/mol. The molecule has 84 valence electrons. The molecule has 0 heterocycles. The summed E-state index contributed by atoms with van der Waals surface area (Å²) in [6, 6.07) is 6.97. The fourth-order valence-corrected chi connectivity index (χ4v) is 1.41. The maximum absolute atomic E-state index is 11.1. The topological polar surface area (TPSA) is 50.1 Å². The first-order valence-corrected chi connectivity index (χ1v) is 5.33. The minimum atomic E-state index is -0.0297. The van der Waals surface area contributed by atoms with E-state index in [0.717, 1.165) is 0 Å².